The second-order valence-corrected chi connectivity index (χ2v) is 7.26. The molecule has 126 valence electrons. The fourth-order valence-electron chi connectivity index (χ4n) is 2.30. The minimum atomic E-state index is -0.517. The van der Waals surface area contributed by atoms with Crippen molar-refractivity contribution in [3.05, 3.63) is 28.2 Å². The van der Waals surface area contributed by atoms with Gasteiger partial charge in [0.05, 0.1) is 10.0 Å². The summed E-state index contributed by atoms with van der Waals surface area (Å²) in [5.41, 5.74) is 6.37. The van der Waals surface area contributed by atoms with Crippen molar-refractivity contribution in [3.63, 3.8) is 0 Å². The number of hydrogen-bond acceptors (Lipinski definition) is 4. The second kappa shape index (κ2) is 6.78. The summed E-state index contributed by atoms with van der Waals surface area (Å²) in [6, 6.07) is 5.23. The lowest BCUT2D eigenvalue weighted by molar-refractivity contribution is 0.0141. The van der Waals surface area contributed by atoms with E-state index in [-0.39, 0.29) is 12.0 Å². The SMILES string of the molecule is CC(C)(C)OC(=O)N1CCN(C(=O)c2cccc(N)c2Br)CC1. The first kappa shape index (κ1) is 17.6. The largest absolute Gasteiger partial charge is 0.444 e. The van der Waals surface area contributed by atoms with Gasteiger partial charge in [-0.1, -0.05) is 6.07 Å². The first-order valence-corrected chi connectivity index (χ1v) is 8.29. The molecule has 23 heavy (non-hydrogen) atoms. The molecule has 1 saturated heterocycles. The van der Waals surface area contributed by atoms with Crippen molar-refractivity contribution in [3.8, 4) is 0 Å². The third-order valence-corrected chi connectivity index (χ3v) is 4.36. The monoisotopic (exact) mass is 383 g/mol. The summed E-state index contributed by atoms with van der Waals surface area (Å²) < 4.78 is 5.96. The average Bonchev–Trinajstić information content (AvgIpc) is 2.48. The van der Waals surface area contributed by atoms with Crippen LogP contribution in [-0.2, 0) is 4.74 Å². The molecule has 0 aliphatic carbocycles. The van der Waals surface area contributed by atoms with Crippen LogP contribution >= 0.6 is 15.9 Å². The van der Waals surface area contributed by atoms with Crippen LogP contribution in [0.25, 0.3) is 0 Å². The van der Waals surface area contributed by atoms with Crippen molar-refractivity contribution in [1.29, 1.82) is 0 Å². The maximum atomic E-state index is 12.6. The Balaban J connectivity index is 1.98. The highest BCUT2D eigenvalue weighted by molar-refractivity contribution is 9.10. The van der Waals surface area contributed by atoms with Gasteiger partial charge >= 0.3 is 6.09 Å². The number of ether oxygens (including phenoxy) is 1. The number of benzene rings is 1. The molecule has 7 heteroatoms. The van der Waals surface area contributed by atoms with Gasteiger partial charge in [0.15, 0.2) is 0 Å². The lowest BCUT2D eigenvalue weighted by atomic mass is 10.1. The summed E-state index contributed by atoms with van der Waals surface area (Å²) in [4.78, 5) is 28.0. The average molecular weight is 384 g/mol. The van der Waals surface area contributed by atoms with E-state index in [0.717, 1.165) is 0 Å². The van der Waals surface area contributed by atoms with Gasteiger partial charge in [0.25, 0.3) is 5.91 Å². The number of halogens is 1. The number of nitrogens with two attached hydrogens (primary N) is 1. The Morgan fingerprint density at radius 3 is 2.26 bits per heavy atom. The number of hydrogen-bond donors (Lipinski definition) is 1. The summed E-state index contributed by atoms with van der Waals surface area (Å²) in [7, 11) is 0. The number of anilines is 1. The molecule has 6 nitrogen and oxygen atoms in total. The van der Waals surface area contributed by atoms with Gasteiger partial charge in [-0.15, -0.1) is 0 Å². The van der Waals surface area contributed by atoms with Gasteiger partial charge in [-0.3, -0.25) is 4.79 Å². The lowest BCUT2D eigenvalue weighted by Crippen LogP contribution is -2.51. The van der Waals surface area contributed by atoms with Gasteiger partial charge in [0.2, 0.25) is 0 Å². The molecule has 1 aliphatic rings. The van der Waals surface area contributed by atoms with Crippen LogP contribution in [0.4, 0.5) is 10.5 Å². The normalized spacial score (nSPS) is 15.5. The Kier molecular flexibility index (Phi) is 5.19. The summed E-state index contributed by atoms with van der Waals surface area (Å²) in [6.07, 6.45) is -0.338. The molecular formula is C16H22BrN3O3. The molecule has 0 unspecified atom stereocenters. The van der Waals surface area contributed by atoms with Crippen LogP contribution in [-0.4, -0.2) is 53.6 Å². The molecule has 0 aromatic heterocycles. The van der Waals surface area contributed by atoms with Crippen LogP contribution in [0, 0.1) is 0 Å². The number of nitrogen functional groups attached to an aromatic ring is 1. The van der Waals surface area contributed by atoms with Crippen molar-refractivity contribution < 1.29 is 14.3 Å². The molecule has 0 bridgehead atoms. The number of carbonyl (C=O) groups is 2. The van der Waals surface area contributed by atoms with E-state index in [1.54, 1.807) is 28.0 Å². The van der Waals surface area contributed by atoms with E-state index in [1.807, 2.05) is 20.8 Å². The molecule has 1 heterocycles. The Hall–Kier alpha value is -1.76. The van der Waals surface area contributed by atoms with Crippen molar-refractivity contribution in [2.45, 2.75) is 26.4 Å². The topological polar surface area (TPSA) is 75.9 Å². The van der Waals surface area contributed by atoms with Crippen molar-refractivity contribution in [1.82, 2.24) is 9.80 Å². The van der Waals surface area contributed by atoms with Crippen molar-refractivity contribution in [2.75, 3.05) is 31.9 Å². The molecule has 0 saturated carbocycles. The van der Waals surface area contributed by atoms with E-state index in [2.05, 4.69) is 15.9 Å². The lowest BCUT2D eigenvalue weighted by Gasteiger charge is -2.35. The van der Waals surface area contributed by atoms with Gasteiger partial charge in [-0.25, -0.2) is 4.79 Å². The first-order valence-electron chi connectivity index (χ1n) is 7.50. The van der Waals surface area contributed by atoms with E-state index < -0.39 is 5.60 Å². The van der Waals surface area contributed by atoms with Crippen molar-refractivity contribution in [2.24, 2.45) is 0 Å². The zero-order chi connectivity index (χ0) is 17.2. The highest BCUT2D eigenvalue weighted by Gasteiger charge is 2.28. The van der Waals surface area contributed by atoms with Crippen molar-refractivity contribution >= 4 is 33.6 Å². The summed E-state index contributed by atoms with van der Waals surface area (Å²) in [6.45, 7) is 7.37. The molecule has 0 atom stereocenters. The van der Waals surface area contributed by atoms with E-state index in [4.69, 9.17) is 10.5 Å². The van der Waals surface area contributed by atoms with Crippen LogP contribution in [0.5, 0.6) is 0 Å². The van der Waals surface area contributed by atoms with Crippen LogP contribution in [0.15, 0.2) is 22.7 Å². The van der Waals surface area contributed by atoms with Gasteiger partial charge < -0.3 is 20.3 Å². The van der Waals surface area contributed by atoms with Gasteiger partial charge in [-0.05, 0) is 48.8 Å². The molecule has 2 rings (SSSR count). The molecule has 2 amide bonds. The molecule has 1 aromatic carbocycles. The number of nitrogens with zero attached hydrogens (tertiary/aromatic N) is 2. The predicted octanol–water partition coefficient (Wildman–Crippen LogP) is 2.72. The quantitative estimate of drug-likeness (QED) is 0.756. The number of carbonyl (C=O) groups excluding carboxylic acids is 2. The molecule has 1 fully saturated rings. The highest BCUT2D eigenvalue weighted by Crippen LogP contribution is 2.25. The zero-order valence-electron chi connectivity index (χ0n) is 13.6. The molecule has 1 aliphatic heterocycles. The van der Waals surface area contributed by atoms with E-state index in [1.165, 1.54) is 0 Å². The third kappa shape index (κ3) is 4.37. The second-order valence-electron chi connectivity index (χ2n) is 6.47. The smallest absolute Gasteiger partial charge is 0.410 e. The molecule has 0 radical (unpaired) electrons. The fraction of sp³-hybridized carbons (Fsp3) is 0.500. The number of rotatable bonds is 1. The van der Waals surface area contributed by atoms with Gasteiger partial charge in [0, 0.05) is 31.9 Å². The predicted molar refractivity (Wildman–Crippen MR) is 92.3 cm³/mol. The Morgan fingerprint density at radius 1 is 1.13 bits per heavy atom. The van der Waals surface area contributed by atoms with Gasteiger partial charge in [0.1, 0.15) is 5.60 Å². The zero-order valence-corrected chi connectivity index (χ0v) is 15.2. The van der Waals surface area contributed by atoms with E-state index >= 15 is 0 Å². The van der Waals surface area contributed by atoms with E-state index in [9.17, 15) is 9.59 Å². The molecule has 0 spiro atoms. The standard InChI is InChI=1S/C16H22BrN3O3/c1-16(2,3)23-15(22)20-9-7-19(8-10-20)14(21)11-5-4-6-12(18)13(11)17/h4-6H,7-10,18H2,1-3H3. The summed E-state index contributed by atoms with van der Waals surface area (Å²) >= 11 is 3.36. The van der Waals surface area contributed by atoms with Crippen LogP contribution in [0.3, 0.4) is 0 Å². The highest BCUT2D eigenvalue weighted by atomic mass is 79.9. The molecule has 1 aromatic rings. The van der Waals surface area contributed by atoms with Crippen LogP contribution in [0.2, 0.25) is 0 Å². The first-order chi connectivity index (χ1) is 10.7. The number of amides is 2. The summed E-state index contributed by atoms with van der Waals surface area (Å²) in [5, 5.41) is 0. The van der Waals surface area contributed by atoms with E-state index in [0.29, 0.717) is 41.9 Å². The summed E-state index contributed by atoms with van der Waals surface area (Å²) in [5.74, 6) is -0.0898. The van der Waals surface area contributed by atoms with Gasteiger partial charge in [-0.2, -0.15) is 0 Å². The molecular weight excluding hydrogens is 362 g/mol. The fourth-order valence-corrected chi connectivity index (χ4v) is 2.74. The molecule has 2 N–H and O–H groups in total. The third-order valence-electron chi connectivity index (χ3n) is 3.48. The van der Waals surface area contributed by atoms with Crippen LogP contribution < -0.4 is 5.73 Å². The Morgan fingerprint density at radius 2 is 1.70 bits per heavy atom. The Labute approximate surface area is 144 Å². The Bertz CT molecular complexity index is 605. The van der Waals surface area contributed by atoms with Crippen LogP contribution in [0.1, 0.15) is 31.1 Å². The number of piperazine rings is 1. The maximum absolute atomic E-state index is 12.6. The minimum absolute atomic E-state index is 0.0898. The maximum Gasteiger partial charge on any atom is 0.410 e. The minimum Gasteiger partial charge on any atom is -0.444 e.